The van der Waals surface area contributed by atoms with E-state index in [2.05, 4.69) is 20.4 Å². The second-order valence-corrected chi connectivity index (χ2v) is 12.0. The highest BCUT2D eigenvalue weighted by molar-refractivity contribution is 8.08. The summed E-state index contributed by atoms with van der Waals surface area (Å²) in [4.78, 5) is 72.6. The second-order valence-electron chi connectivity index (χ2n) is 6.24. The number of ether oxygens (including phenoxy) is 1. The number of hydrogen-bond donors (Lipinski definition) is 5. The largest absolute Gasteiger partial charge is 0.488 e. The molecular weight excluding hydrogens is 512 g/mol. The van der Waals surface area contributed by atoms with Crippen LogP contribution in [0.15, 0.2) is 21.9 Å². The molecule has 5 N–H and O–H groups in total. The number of phosphoric acid groups is 2. The van der Waals surface area contributed by atoms with Gasteiger partial charge in [0.05, 0.1) is 18.6 Å². The van der Waals surface area contributed by atoms with Crippen LogP contribution in [0.3, 0.4) is 0 Å². The molecule has 1 aromatic rings. The molecule has 0 aromatic carbocycles. The molecule has 1 saturated heterocycles. The minimum absolute atomic E-state index is 0.139. The normalized spacial score (nSPS) is 30.5. The first-order chi connectivity index (χ1) is 14.0. The van der Waals surface area contributed by atoms with Gasteiger partial charge in [-0.05, 0) is 18.7 Å². The summed E-state index contributed by atoms with van der Waals surface area (Å²) in [7, 11) is -11.1. The molecule has 0 aliphatic carbocycles. The van der Waals surface area contributed by atoms with E-state index in [4.69, 9.17) is 19.0 Å². The number of halogens is 1. The molecule has 20 heteroatoms. The molecule has 1 fully saturated rings. The van der Waals surface area contributed by atoms with Crippen molar-refractivity contribution in [2.24, 2.45) is 5.92 Å². The maximum absolute atomic E-state index is 15.3. The van der Waals surface area contributed by atoms with Crippen molar-refractivity contribution in [1.82, 2.24) is 9.55 Å². The maximum Gasteiger partial charge on any atom is 0.488 e. The van der Waals surface area contributed by atoms with E-state index in [1.165, 1.54) is 0 Å². The Kier molecular flexibility index (Phi) is 7.76. The Morgan fingerprint density at radius 2 is 1.94 bits per heavy atom. The topological polar surface area (TPSA) is 224 Å². The van der Waals surface area contributed by atoms with Crippen molar-refractivity contribution in [3.63, 3.8) is 0 Å². The van der Waals surface area contributed by atoms with Crippen LogP contribution in [0, 0.1) is 5.92 Å². The van der Waals surface area contributed by atoms with Crippen LogP contribution in [0.1, 0.15) is 13.2 Å². The van der Waals surface area contributed by atoms with Crippen molar-refractivity contribution in [3.05, 3.63) is 33.1 Å². The van der Waals surface area contributed by atoms with Crippen molar-refractivity contribution in [2.45, 2.75) is 24.9 Å². The van der Waals surface area contributed by atoms with E-state index in [9.17, 15) is 33.3 Å². The summed E-state index contributed by atoms with van der Waals surface area (Å²) in [6, 6.07) is 0.905. The van der Waals surface area contributed by atoms with E-state index in [0.29, 0.717) is 4.57 Å². The first-order valence-corrected chi connectivity index (χ1v) is 13.5. The number of carbonyl (C=O) groups is 1. The van der Waals surface area contributed by atoms with Crippen molar-refractivity contribution in [1.29, 1.82) is 0 Å². The molecule has 1 aliphatic heterocycles. The zero-order valence-electron chi connectivity index (χ0n) is 15.2. The average Bonchev–Trinajstić information content (AvgIpc) is 2.79. The molecule has 0 radical (unpaired) electrons. The summed E-state index contributed by atoms with van der Waals surface area (Å²) >= 11 is 4.43. The summed E-state index contributed by atoms with van der Waals surface area (Å²) in [5.41, 5.74) is -4.33. The Hall–Kier alpha value is -0.930. The van der Waals surface area contributed by atoms with Crippen LogP contribution in [0.2, 0.25) is 0 Å². The number of aromatic nitrogens is 2. The predicted molar refractivity (Wildman–Crippen MR) is 101 cm³/mol. The number of nitrogens with zero attached hydrogens (tertiary/aromatic N) is 1. The summed E-state index contributed by atoms with van der Waals surface area (Å²) in [5.74, 6) is -1.60. The van der Waals surface area contributed by atoms with E-state index in [1.54, 1.807) is 0 Å². The van der Waals surface area contributed by atoms with Gasteiger partial charge in [0.1, 0.15) is 6.29 Å². The quantitative estimate of drug-likeness (QED) is 0.200. The minimum Gasteiger partial charge on any atom is -0.348 e. The fraction of sp³-hybridized carbons (Fsp3) is 0.545. The smallest absolute Gasteiger partial charge is 0.348 e. The van der Waals surface area contributed by atoms with Crippen LogP contribution >= 0.6 is 22.4 Å². The van der Waals surface area contributed by atoms with E-state index in [0.717, 1.165) is 19.2 Å². The molecule has 0 spiro atoms. The highest BCUT2D eigenvalue weighted by Crippen LogP contribution is 2.66. The van der Waals surface area contributed by atoms with Gasteiger partial charge in [0.25, 0.3) is 5.56 Å². The Balaban J connectivity index is 2.19. The van der Waals surface area contributed by atoms with Gasteiger partial charge in [-0.3, -0.25) is 14.3 Å². The highest BCUT2D eigenvalue weighted by Gasteiger charge is 2.56. The fourth-order valence-electron chi connectivity index (χ4n) is 2.70. The van der Waals surface area contributed by atoms with Crippen LogP contribution in [-0.2, 0) is 43.6 Å². The SMILES string of the molecule is C[C@@]1(F)[C@H](C=O)[C@@H](COP(O)(=S)OP(=O)(O)OP(=O)(O)O)O[C@H]1n1ccc(=O)[nH]c1=O. The lowest BCUT2D eigenvalue weighted by Gasteiger charge is -2.25. The Morgan fingerprint density at radius 3 is 2.45 bits per heavy atom. The number of aldehydes is 1. The van der Waals surface area contributed by atoms with Gasteiger partial charge in [-0.25, -0.2) is 22.6 Å². The summed E-state index contributed by atoms with van der Waals surface area (Å²) in [6.45, 7) is -4.70. The van der Waals surface area contributed by atoms with Gasteiger partial charge in [-0.1, -0.05) is 0 Å². The number of nitrogens with one attached hydrogen (secondary N) is 1. The van der Waals surface area contributed by atoms with Gasteiger partial charge in [-0.15, -0.1) is 0 Å². The van der Waals surface area contributed by atoms with E-state index in [-0.39, 0.29) is 6.29 Å². The van der Waals surface area contributed by atoms with Crippen LogP contribution in [0.5, 0.6) is 0 Å². The molecule has 2 heterocycles. The van der Waals surface area contributed by atoms with Crippen molar-refractivity contribution >= 4 is 40.5 Å². The fourth-order valence-corrected chi connectivity index (χ4v) is 6.67. The van der Waals surface area contributed by atoms with Gasteiger partial charge >= 0.3 is 28.1 Å². The Labute approximate surface area is 176 Å². The molecule has 2 unspecified atom stereocenters. The first-order valence-electron chi connectivity index (χ1n) is 7.87. The highest BCUT2D eigenvalue weighted by atomic mass is 32.5. The van der Waals surface area contributed by atoms with Crippen LogP contribution in [-0.4, -0.2) is 53.8 Å². The van der Waals surface area contributed by atoms with Gasteiger partial charge in [0, 0.05) is 12.3 Å². The molecule has 1 aromatic heterocycles. The third kappa shape index (κ3) is 6.78. The van der Waals surface area contributed by atoms with Crippen LogP contribution in [0.4, 0.5) is 4.39 Å². The monoisotopic (exact) mass is 528 g/mol. The lowest BCUT2D eigenvalue weighted by atomic mass is 9.89. The Morgan fingerprint density at radius 1 is 1.32 bits per heavy atom. The van der Waals surface area contributed by atoms with Crippen molar-refractivity contribution in [3.8, 4) is 0 Å². The number of H-pyrrole nitrogens is 1. The number of carbonyl (C=O) groups excluding carboxylic acids is 1. The molecule has 0 amide bonds. The third-order valence-corrected chi connectivity index (χ3v) is 8.63. The lowest BCUT2D eigenvalue weighted by molar-refractivity contribution is -0.115. The van der Waals surface area contributed by atoms with Gasteiger partial charge in [-0.2, -0.15) is 4.31 Å². The number of aromatic amines is 1. The summed E-state index contributed by atoms with van der Waals surface area (Å²) in [6.07, 6.45) is -2.16. The molecule has 176 valence electrons. The number of alkyl halides is 1. The van der Waals surface area contributed by atoms with Gasteiger partial charge in [0.15, 0.2) is 11.9 Å². The van der Waals surface area contributed by atoms with Crippen molar-refractivity contribution < 1.29 is 55.8 Å². The molecular formula is C11H16FN2O13P3S. The van der Waals surface area contributed by atoms with E-state index in [1.807, 2.05) is 4.98 Å². The summed E-state index contributed by atoms with van der Waals surface area (Å²) in [5, 5.41) is 0. The zero-order valence-corrected chi connectivity index (χ0v) is 18.7. The minimum atomic E-state index is -5.57. The first kappa shape index (κ1) is 26.3. The Bertz CT molecular complexity index is 1100. The molecule has 1 aliphatic rings. The molecule has 0 saturated carbocycles. The lowest BCUT2D eigenvalue weighted by Crippen LogP contribution is -2.41. The standard InChI is InChI=1S/C11H16FN2O13P3S/c1-11(12)6(4-15)7(25-9(11)14-3-2-8(16)13-10(14)17)5-24-30(23,31)27-29(21,22)26-28(18,19)20/h2-4,6-7,9H,5H2,1H3,(H,21,22)(H,23,31)(H,13,16,17)(H2,18,19,20)/t6-,7-,9-,11-,30?/m1/s1. The number of rotatable bonds is 9. The van der Waals surface area contributed by atoms with Crippen molar-refractivity contribution in [2.75, 3.05) is 6.61 Å². The molecule has 0 bridgehead atoms. The van der Waals surface area contributed by atoms with E-state index >= 15 is 4.39 Å². The molecule has 6 atom stereocenters. The number of hydrogen-bond acceptors (Lipinski definition) is 10. The zero-order chi connectivity index (χ0) is 23.8. The maximum atomic E-state index is 15.3. The van der Waals surface area contributed by atoms with Crippen LogP contribution in [0.25, 0.3) is 0 Å². The van der Waals surface area contributed by atoms with E-state index < -0.39 is 64.1 Å². The second kappa shape index (κ2) is 9.14. The van der Waals surface area contributed by atoms with Gasteiger partial charge < -0.3 is 33.6 Å². The summed E-state index contributed by atoms with van der Waals surface area (Å²) < 4.78 is 55.6. The predicted octanol–water partition coefficient (Wildman–Crippen LogP) is -0.563. The van der Waals surface area contributed by atoms with Crippen LogP contribution < -0.4 is 11.2 Å². The molecule has 15 nitrogen and oxygen atoms in total. The van der Waals surface area contributed by atoms with Gasteiger partial charge in [0.2, 0.25) is 0 Å². The third-order valence-electron chi connectivity index (χ3n) is 3.91. The average molecular weight is 528 g/mol. The molecule has 2 rings (SSSR count). The molecule has 31 heavy (non-hydrogen) atoms.